The number of nitrogens with zero attached hydrogens (tertiary/aromatic N) is 2. The van der Waals surface area contributed by atoms with E-state index in [2.05, 4.69) is 10.2 Å². The monoisotopic (exact) mass is 397 g/mol. The van der Waals surface area contributed by atoms with Gasteiger partial charge in [-0.2, -0.15) is 5.10 Å². The number of halogens is 3. The molecule has 0 unspecified atom stereocenters. The number of H-pyrrole nitrogens is 1. The topological polar surface area (TPSA) is 75.3 Å². The number of ether oxygens (including phenoxy) is 1. The van der Waals surface area contributed by atoms with Crippen LogP contribution in [0.15, 0.2) is 53.6 Å². The highest BCUT2D eigenvalue weighted by molar-refractivity contribution is 7.92. The normalized spacial score (nSPS) is 11.6. The second kappa shape index (κ2) is 7.41. The molecular weight excluding hydrogens is 383 g/mol. The lowest BCUT2D eigenvalue weighted by atomic mass is 10.1. The molecule has 3 aromatic rings. The summed E-state index contributed by atoms with van der Waals surface area (Å²) >= 11 is 0. The van der Waals surface area contributed by atoms with Crippen molar-refractivity contribution in [3.8, 4) is 11.3 Å². The van der Waals surface area contributed by atoms with E-state index in [9.17, 15) is 17.2 Å². The van der Waals surface area contributed by atoms with Gasteiger partial charge >= 0.3 is 0 Å². The smallest absolute Gasteiger partial charge is 0.272 e. The predicted molar refractivity (Wildman–Crippen MR) is 91.9 cm³/mol. The molecule has 3 rings (SSSR count). The fourth-order valence-electron chi connectivity index (χ4n) is 2.55. The van der Waals surface area contributed by atoms with E-state index in [1.807, 2.05) is 0 Å². The Morgan fingerprint density at radius 1 is 1.07 bits per heavy atom. The first kappa shape index (κ1) is 18.9. The highest BCUT2D eigenvalue weighted by atomic mass is 32.2. The summed E-state index contributed by atoms with van der Waals surface area (Å²) in [5.41, 5.74) is -0.0805. The average Bonchev–Trinajstić information content (AvgIpc) is 3.14. The van der Waals surface area contributed by atoms with Gasteiger partial charge in [-0.15, -0.1) is 0 Å². The van der Waals surface area contributed by atoms with Crippen LogP contribution in [-0.4, -0.2) is 32.5 Å². The molecule has 0 aliphatic rings. The van der Waals surface area contributed by atoms with Crippen molar-refractivity contribution in [3.05, 3.63) is 66.1 Å². The molecule has 0 saturated carbocycles. The molecule has 1 N–H and O–H groups in total. The van der Waals surface area contributed by atoms with Gasteiger partial charge in [0.2, 0.25) is 0 Å². The summed E-state index contributed by atoms with van der Waals surface area (Å²) < 4.78 is 74.3. The van der Waals surface area contributed by atoms with Crippen LogP contribution in [0.1, 0.15) is 0 Å². The Bertz CT molecular complexity index is 1040. The first-order valence-corrected chi connectivity index (χ1v) is 9.06. The van der Waals surface area contributed by atoms with Gasteiger partial charge in [0.15, 0.2) is 10.7 Å². The van der Waals surface area contributed by atoms with Crippen molar-refractivity contribution < 1.29 is 26.3 Å². The zero-order chi connectivity index (χ0) is 19.6. The molecule has 10 heteroatoms. The second-order valence-corrected chi connectivity index (χ2v) is 7.23. The molecule has 0 bridgehead atoms. The second-order valence-electron chi connectivity index (χ2n) is 5.43. The Kier molecular flexibility index (Phi) is 5.19. The van der Waals surface area contributed by atoms with Gasteiger partial charge in [0.1, 0.15) is 18.4 Å². The lowest BCUT2D eigenvalue weighted by Gasteiger charge is -2.25. The van der Waals surface area contributed by atoms with Crippen molar-refractivity contribution in [1.29, 1.82) is 0 Å². The highest BCUT2D eigenvalue weighted by Crippen LogP contribution is 2.33. The lowest BCUT2D eigenvalue weighted by Crippen LogP contribution is -2.34. The van der Waals surface area contributed by atoms with Crippen molar-refractivity contribution in [2.75, 3.05) is 18.1 Å². The molecule has 1 heterocycles. The van der Waals surface area contributed by atoms with E-state index in [1.54, 1.807) is 0 Å². The first-order chi connectivity index (χ1) is 12.9. The van der Waals surface area contributed by atoms with E-state index in [4.69, 9.17) is 4.74 Å². The summed E-state index contributed by atoms with van der Waals surface area (Å²) in [7, 11) is -3.62. The van der Waals surface area contributed by atoms with Gasteiger partial charge < -0.3 is 4.74 Å². The summed E-state index contributed by atoms with van der Waals surface area (Å²) in [6.45, 7) is -0.653. The van der Waals surface area contributed by atoms with Crippen LogP contribution in [0.5, 0.6) is 0 Å². The first-order valence-electron chi connectivity index (χ1n) is 7.62. The zero-order valence-corrected chi connectivity index (χ0v) is 14.8. The molecule has 0 saturated heterocycles. The van der Waals surface area contributed by atoms with Gasteiger partial charge in [-0.3, -0.25) is 5.10 Å². The van der Waals surface area contributed by atoms with E-state index in [0.717, 1.165) is 18.2 Å². The molecule has 0 radical (unpaired) electrons. The van der Waals surface area contributed by atoms with Gasteiger partial charge in [-0.1, -0.05) is 12.1 Å². The van der Waals surface area contributed by atoms with Crippen LogP contribution in [0.4, 0.5) is 18.9 Å². The highest BCUT2D eigenvalue weighted by Gasteiger charge is 2.33. The predicted octanol–water partition coefficient (Wildman–Crippen LogP) is 3.29. The Morgan fingerprint density at radius 2 is 1.74 bits per heavy atom. The van der Waals surface area contributed by atoms with Crippen LogP contribution >= 0.6 is 0 Å². The number of nitrogens with one attached hydrogen (secondary N) is 1. The van der Waals surface area contributed by atoms with E-state index in [1.165, 1.54) is 37.6 Å². The maximum Gasteiger partial charge on any atom is 0.272 e. The molecule has 142 valence electrons. The number of methoxy groups -OCH3 is 1. The van der Waals surface area contributed by atoms with Gasteiger partial charge in [0.25, 0.3) is 10.0 Å². The van der Waals surface area contributed by atoms with Crippen molar-refractivity contribution in [2.45, 2.75) is 4.90 Å². The van der Waals surface area contributed by atoms with Gasteiger partial charge in [0.05, 0.1) is 11.4 Å². The van der Waals surface area contributed by atoms with E-state index >= 15 is 4.39 Å². The van der Waals surface area contributed by atoms with Crippen LogP contribution in [0.3, 0.4) is 0 Å². The van der Waals surface area contributed by atoms with E-state index in [0.29, 0.717) is 10.00 Å². The van der Waals surface area contributed by atoms with Crippen molar-refractivity contribution in [3.63, 3.8) is 0 Å². The molecule has 27 heavy (non-hydrogen) atoms. The third-order valence-corrected chi connectivity index (χ3v) is 5.54. The number of aromatic nitrogens is 2. The Labute approximate surface area is 153 Å². The summed E-state index contributed by atoms with van der Waals surface area (Å²) in [4.78, 5) is -1.19. The lowest BCUT2D eigenvalue weighted by molar-refractivity contribution is 0.209. The summed E-state index contributed by atoms with van der Waals surface area (Å²) in [5.74, 6) is -3.50. The molecule has 0 atom stereocenters. The third-order valence-electron chi connectivity index (χ3n) is 3.75. The zero-order valence-electron chi connectivity index (χ0n) is 14.0. The standard InChI is InChI=1S/C17H14F3N3O3S/c1-26-10-23(27(24,25)17-12(18)5-3-6-13(17)19)15-7-2-4-11(16(15)20)14-8-9-21-22-14/h2-9H,10H2,1H3,(H,21,22). The Hall–Kier alpha value is -2.85. The van der Waals surface area contributed by atoms with Crippen LogP contribution in [0.25, 0.3) is 11.3 Å². The van der Waals surface area contributed by atoms with Crippen molar-refractivity contribution in [1.82, 2.24) is 10.2 Å². The summed E-state index contributed by atoms with van der Waals surface area (Å²) in [6.07, 6.45) is 1.40. The quantitative estimate of drug-likeness (QED) is 0.648. The molecule has 0 spiro atoms. The molecule has 1 aromatic heterocycles. The Morgan fingerprint density at radius 3 is 2.33 bits per heavy atom. The Balaban J connectivity index is 2.19. The van der Waals surface area contributed by atoms with Crippen LogP contribution in [0.2, 0.25) is 0 Å². The van der Waals surface area contributed by atoms with Gasteiger partial charge in [-0.05, 0) is 30.3 Å². The minimum atomic E-state index is -4.79. The molecular formula is C17H14F3N3O3S. The van der Waals surface area contributed by atoms with Crippen LogP contribution < -0.4 is 4.31 Å². The van der Waals surface area contributed by atoms with Gasteiger partial charge in [0, 0.05) is 18.9 Å². The summed E-state index contributed by atoms with van der Waals surface area (Å²) in [6, 6.07) is 8.12. The number of benzene rings is 2. The number of hydrogen-bond donors (Lipinski definition) is 1. The molecule has 2 aromatic carbocycles. The summed E-state index contributed by atoms with van der Waals surface area (Å²) in [5, 5.41) is 6.29. The number of sulfonamides is 1. The van der Waals surface area contributed by atoms with E-state index in [-0.39, 0.29) is 5.56 Å². The number of hydrogen-bond acceptors (Lipinski definition) is 4. The largest absolute Gasteiger partial charge is 0.363 e. The molecule has 0 fully saturated rings. The average molecular weight is 397 g/mol. The van der Waals surface area contributed by atoms with Crippen molar-refractivity contribution in [2.24, 2.45) is 0 Å². The van der Waals surface area contributed by atoms with Crippen LogP contribution in [0, 0.1) is 17.5 Å². The fourth-order valence-corrected chi connectivity index (χ4v) is 4.04. The number of anilines is 1. The van der Waals surface area contributed by atoms with Crippen molar-refractivity contribution >= 4 is 15.7 Å². The van der Waals surface area contributed by atoms with E-state index < -0.39 is 44.8 Å². The van der Waals surface area contributed by atoms with Gasteiger partial charge in [-0.25, -0.2) is 25.9 Å². The fraction of sp³-hybridized carbons (Fsp3) is 0.118. The molecule has 0 amide bonds. The third kappa shape index (κ3) is 3.40. The minimum absolute atomic E-state index is 0.0373. The maximum atomic E-state index is 15.1. The SMILES string of the molecule is COCN(c1cccc(-c2ccn[nH]2)c1F)S(=O)(=O)c1c(F)cccc1F. The maximum absolute atomic E-state index is 15.1. The number of rotatable bonds is 6. The molecule has 6 nitrogen and oxygen atoms in total. The molecule has 0 aliphatic carbocycles. The number of aromatic amines is 1. The molecule has 0 aliphatic heterocycles. The van der Waals surface area contributed by atoms with Crippen LogP contribution in [-0.2, 0) is 14.8 Å². The minimum Gasteiger partial charge on any atom is -0.363 e.